The fourth-order valence-corrected chi connectivity index (χ4v) is 4.37. The molecule has 0 saturated heterocycles. The molecule has 1 unspecified atom stereocenters. The van der Waals surface area contributed by atoms with Gasteiger partial charge >= 0.3 is 0 Å². The highest BCUT2D eigenvalue weighted by Gasteiger charge is 2.16. The number of thioether (sulfide) groups is 1. The fraction of sp³-hybridized carbons (Fsp3) is 0.600. The van der Waals surface area contributed by atoms with Gasteiger partial charge in [0.25, 0.3) is 0 Å². The Balaban J connectivity index is 2.01. The van der Waals surface area contributed by atoms with E-state index in [9.17, 15) is 0 Å². The van der Waals surface area contributed by atoms with E-state index in [1.807, 2.05) is 11.8 Å². The van der Waals surface area contributed by atoms with E-state index in [4.69, 9.17) is 5.73 Å². The highest BCUT2D eigenvalue weighted by Crippen LogP contribution is 2.33. The minimum Gasteiger partial charge on any atom is -0.328 e. The minimum atomic E-state index is 0.233. The van der Waals surface area contributed by atoms with E-state index < -0.39 is 0 Å². The van der Waals surface area contributed by atoms with Gasteiger partial charge in [0.15, 0.2) is 0 Å². The van der Waals surface area contributed by atoms with Crippen LogP contribution in [-0.2, 0) is 6.42 Å². The van der Waals surface area contributed by atoms with Crippen LogP contribution in [0.5, 0.6) is 0 Å². The number of benzene rings is 1. The molecule has 1 saturated carbocycles. The average Bonchev–Trinajstić information content (AvgIpc) is 2.82. The summed E-state index contributed by atoms with van der Waals surface area (Å²) in [5.41, 5.74) is 7.33. The molecule has 0 bridgehead atoms. The van der Waals surface area contributed by atoms with Crippen molar-refractivity contribution in [1.82, 2.24) is 0 Å². The van der Waals surface area contributed by atoms with Crippen LogP contribution in [0.25, 0.3) is 0 Å². The Morgan fingerprint density at radius 3 is 2.78 bits per heavy atom. The van der Waals surface area contributed by atoms with Crippen LogP contribution in [0, 0.1) is 5.92 Å². The Bertz CT molecular complexity index is 386. The van der Waals surface area contributed by atoms with Gasteiger partial charge in [0.2, 0.25) is 0 Å². The van der Waals surface area contributed by atoms with Crippen molar-refractivity contribution in [3.05, 3.63) is 28.2 Å². The third-order valence-electron chi connectivity index (χ3n) is 3.52. The Morgan fingerprint density at radius 1 is 1.39 bits per heavy atom. The van der Waals surface area contributed by atoms with Crippen molar-refractivity contribution < 1.29 is 0 Å². The summed E-state index contributed by atoms with van der Waals surface area (Å²) in [6.07, 6.45) is 6.67. The second kappa shape index (κ2) is 6.97. The van der Waals surface area contributed by atoms with Crippen molar-refractivity contribution >= 4 is 27.7 Å². The average molecular weight is 328 g/mol. The first-order valence-corrected chi connectivity index (χ1v) is 8.60. The lowest BCUT2D eigenvalue weighted by molar-refractivity contribution is 0.623. The van der Waals surface area contributed by atoms with Crippen LogP contribution in [0.3, 0.4) is 0 Å². The van der Waals surface area contributed by atoms with E-state index in [1.54, 1.807) is 0 Å². The van der Waals surface area contributed by atoms with Gasteiger partial charge in [-0.25, -0.2) is 0 Å². The summed E-state index contributed by atoms with van der Waals surface area (Å²) in [4.78, 5) is 1.41. The van der Waals surface area contributed by atoms with Gasteiger partial charge in [0.1, 0.15) is 0 Å². The summed E-state index contributed by atoms with van der Waals surface area (Å²) in [7, 11) is 0. The van der Waals surface area contributed by atoms with Crippen molar-refractivity contribution in [2.45, 2.75) is 50.0 Å². The van der Waals surface area contributed by atoms with E-state index in [0.717, 1.165) is 12.3 Å². The minimum absolute atomic E-state index is 0.233. The van der Waals surface area contributed by atoms with Crippen LogP contribution in [0.4, 0.5) is 0 Å². The van der Waals surface area contributed by atoms with E-state index in [-0.39, 0.29) is 6.04 Å². The van der Waals surface area contributed by atoms with Gasteiger partial charge in [-0.15, -0.1) is 11.8 Å². The highest BCUT2D eigenvalue weighted by atomic mass is 79.9. The van der Waals surface area contributed by atoms with Gasteiger partial charge in [-0.05, 0) is 49.8 Å². The molecule has 2 N–H and O–H groups in total. The first-order chi connectivity index (χ1) is 8.65. The smallest absolute Gasteiger partial charge is 0.0186 e. The number of hydrogen-bond donors (Lipinski definition) is 1. The molecule has 3 heteroatoms. The molecule has 1 aromatic rings. The molecule has 1 atom stereocenters. The molecule has 0 amide bonds. The molecule has 1 aromatic carbocycles. The zero-order valence-corrected chi connectivity index (χ0v) is 13.4. The number of halogens is 1. The molecule has 0 heterocycles. The van der Waals surface area contributed by atoms with Crippen LogP contribution >= 0.6 is 27.7 Å². The first-order valence-electron chi connectivity index (χ1n) is 6.82. The van der Waals surface area contributed by atoms with Gasteiger partial charge < -0.3 is 5.73 Å². The standard InChI is InChI=1S/C15H22BrNS/c1-11(17)8-13-6-7-14(16)9-15(13)18-10-12-4-2-3-5-12/h6-7,9,11-12H,2-5,8,10,17H2,1H3. The molecule has 18 heavy (non-hydrogen) atoms. The number of hydrogen-bond acceptors (Lipinski definition) is 2. The number of rotatable bonds is 5. The molecule has 100 valence electrons. The van der Waals surface area contributed by atoms with E-state index in [2.05, 4.69) is 41.1 Å². The van der Waals surface area contributed by atoms with Crippen LogP contribution in [-0.4, -0.2) is 11.8 Å². The highest BCUT2D eigenvalue weighted by molar-refractivity contribution is 9.10. The van der Waals surface area contributed by atoms with Crippen LogP contribution in [0.2, 0.25) is 0 Å². The molecular formula is C15H22BrNS. The fourth-order valence-electron chi connectivity index (χ4n) is 2.56. The first kappa shape index (κ1) is 14.4. The molecule has 0 aliphatic heterocycles. The molecule has 2 rings (SSSR count). The molecule has 0 radical (unpaired) electrons. The van der Waals surface area contributed by atoms with Gasteiger partial charge in [-0.2, -0.15) is 0 Å². The summed E-state index contributed by atoms with van der Waals surface area (Å²) in [6, 6.07) is 6.82. The molecule has 0 spiro atoms. The van der Waals surface area contributed by atoms with E-state index in [1.165, 1.54) is 46.4 Å². The predicted octanol–water partition coefficient (Wildman–Crippen LogP) is 4.62. The third kappa shape index (κ3) is 4.29. The summed E-state index contributed by atoms with van der Waals surface area (Å²) >= 11 is 5.59. The Hall–Kier alpha value is 0.01000. The van der Waals surface area contributed by atoms with E-state index in [0.29, 0.717) is 0 Å². The maximum Gasteiger partial charge on any atom is 0.0186 e. The zero-order valence-electron chi connectivity index (χ0n) is 11.0. The molecular weight excluding hydrogens is 306 g/mol. The summed E-state index contributed by atoms with van der Waals surface area (Å²) < 4.78 is 1.17. The van der Waals surface area contributed by atoms with Crippen LogP contribution in [0.15, 0.2) is 27.6 Å². The maximum atomic E-state index is 5.93. The van der Waals surface area contributed by atoms with Crippen molar-refractivity contribution in [1.29, 1.82) is 0 Å². The largest absolute Gasteiger partial charge is 0.328 e. The Morgan fingerprint density at radius 2 is 2.11 bits per heavy atom. The van der Waals surface area contributed by atoms with Gasteiger partial charge in [-0.3, -0.25) is 0 Å². The van der Waals surface area contributed by atoms with Crippen molar-refractivity contribution in [3.8, 4) is 0 Å². The second-order valence-electron chi connectivity index (χ2n) is 5.39. The van der Waals surface area contributed by atoms with E-state index >= 15 is 0 Å². The molecule has 1 fully saturated rings. The topological polar surface area (TPSA) is 26.0 Å². The predicted molar refractivity (Wildman–Crippen MR) is 84.2 cm³/mol. The Kier molecular flexibility index (Phi) is 5.58. The Labute approximate surface area is 123 Å². The lowest BCUT2D eigenvalue weighted by atomic mass is 10.1. The number of nitrogens with two attached hydrogens (primary N) is 1. The molecule has 1 aliphatic carbocycles. The molecule has 1 nitrogen and oxygen atoms in total. The SMILES string of the molecule is CC(N)Cc1ccc(Br)cc1SCC1CCCC1. The summed E-state index contributed by atoms with van der Waals surface area (Å²) in [5.74, 6) is 2.19. The molecule has 0 aromatic heterocycles. The normalized spacial score (nSPS) is 18.2. The van der Waals surface area contributed by atoms with Crippen molar-refractivity contribution in [2.75, 3.05) is 5.75 Å². The lowest BCUT2D eigenvalue weighted by Gasteiger charge is -2.14. The monoisotopic (exact) mass is 327 g/mol. The van der Waals surface area contributed by atoms with Gasteiger partial charge in [-0.1, -0.05) is 34.8 Å². The molecule has 1 aliphatic rings. The zero-order chi connectivity index (χ0) is 13.0. The van der Waals surface area contributed by atoms with Gasteiger partial charge in [0.05, 0.1) is 0 Å². The summed E-state index contributed by atoms with van der Waals surface area (Å²) in [5, 5.41) is 0. The van der Waals surface area contributed by atoms with Gasteiger partial charge in [0, 0.05) is 21.2 Å². The van der Waals surface area contributed by atoms with Crippen molar-refractivity contribution in [3.63, 3.8) is 0 Å². The van der Waals surface area contributed by atoms with Crippen LogP contribution < -0.4 is 5.73 Å². The lowest BCUT2D eigenvalue weighted by Crippen LogP contribution is -2.18. The quantitative estimate of drug-likeness (QED) is 0.798. The second-order valence-corrected chi connectivity index (χ2v) is 7.37. The van der Waals surface area contributed by atoms with Crippen molar-refractivity contribution in [2.24, 2.45) is 11.7 Å². The summed E-state index contributed by atoms with van der Waals surface area (Å²) in [6.45, 7) is 2.08. The third-order valence-corrected chi connectivity index (χ3v) is 5.34. The maximum absolute atomic E-state index is 5.93. The van der Waals surface area contributed by atoms with Crippen LogP contribution in [0.1, 0.15) is 38.2 Å².